The van der Waals surface area contributed by atoms with Gasteiger partial charge in [0.2, 0.25) is 11.0 Å². The van der Waals surface area contributed by atoms with Crippen LogP contribution in [0.5, 0.6) is 0 Å². The first-order valence-electron chi connectivity index (χ1n) is 14.5. The normalized spacial score (nSPS) is 13.9. The molecule has 0 bridgehead atoms. The van der Waals surface area contributed by atoms with Crippen molar-refractivity contribution in [3.8, 4) is 0 Å². The number of hydrogen-bond acceptors (Lipinski definition) is 7. The summed E-state index contributed by atoms with van der Waals surface area (Å²) in [4.78, 5) is 24.9. The number of amides is 1. The third-order valence-electron chi connectivity index (χ3n) is 7.72. The third-order valence-corrected chi connectivity index (χ3v) is 8.53. The molecule has 8 heteroatoms. The monoisotopic (exact) mass is 577 g/mol. The maximum absolute atomic E-state index is 13.4. The molecule has 1 amide bonds. The number of hydrogen-bond donors (Lipinski definition) is 0. The molecule has 0 atom stereocenters. The van der Waals surface area contributed by atoms with E-state index >= 15 is 0 Å². The molecule has 214 valence electrons. The van der Waals surface area contributed by atoms with Crippen molar-refractivity contribution < 1.29 is 9.21 Å². The molecule has 3 aromatic carbocycles. The van der Waals surface area contributed by atoms with Crippen molar-refractivity contribution in [1.82, 2.24) is 19.2 Å². The molecule has 42 heavy (non-hydrogen) atoms. The summed E-state index contributed by atoms with van der Waals surface area (Å²) in [6.07, 6.45) is 2.77. The number of aromatic nitrogens is 2. The molecule has 1 aliphatic rings. The van der Waals surface area contributed by atoms with Gasteiger partial charge in [-0.25, -0.2) is 4.98 Å². The van der Waals surface area contributed by atoms with E-state index in [1.165, 1.54) is 28.2 Å². The van der Waals surface area contributed by atoms with Crippen LogP contribution in [0.2, 0.25) is 0 Å². The van der Waals surface area contributed by atoms with Gasteiger partial charge in [-0.3, -0.25) is 9.69 Å². The van der Waals surface area contributed by atoms with Gasteiger partial charge in [-0.1, -0.05) is 91.0 Å². The maximum atomic E-state index is 13.4. The van der Waals surface area contributed by atoms with Crippen LogP contribution in [-0.2, 0) is 17.8 Å². The van der Waals surface area contributed by atoms with Gasteiger partial charge >= 0.3 is 0 Å². The van der Waals surface area contributed by atoms with Crippen molar-refractivity contribution >= 4 is 22.6 Å². The fourth-order valence-corrected chi connectivity index (χ4v) is 6.27. The molecule has 6 rings (SSSR count). The minimum absolute atomic E-state index is 0.170. The number of rotatable bonds is 11. The predicted molar refractivity (Wildman–Crippen MR) is 166 cm³/mol. The van der Waals surface area contributed by atoms with Crippen LogP contribution in [0, 0.1) is 0 Å². The van der Waals surface area contributed by atoms with Crippen molar-refractivity contribution in [3.63, 3.8) is 0 Å². The number of piperazine rings is 1. The first-order chi connectivity index (χ1) is 20.7. The van der Waals surface area contributed by atoms with Crippen molar-refractivity contribution in [2.75, 3.05) is 37.6 Å². The largest absolute Gasteiger partial charge is 0.467 e. The summed E-state index contributed by atoms with van der Waals surface area (Å²) < 4.78 is 10.2. The molecular weight excluding hydrogens is 542 g/mol. The van der Waals surface area contributed by atoms with Gasteiger partial charge in [0.1, 0.15) is 11.6 Å². The van der Waals surface area contributed by atoms with E-state index in [0.29, 0.717) is 39.0 Å². The predicted octanol–water partition coefficient (Wildman–Crippen LogP) is 6.05. The second kappa shape index (κ2) is 13.6. The summed E-state index contributed by atoms with van der Waals surface area (Å²) in [6.45, 7) is 4.19. The van der Waals surface area contributed by atoms with Gasteiger partial charge in [-0.05, 0) is 28.8 Å². The molecule has 0 unspecified atom stereocenters. The van der Waals surface area contributed by atoms with Crippen LogP contribution in [-0.4, -0.2) is 57.8 Å². The number of furan rings is 1. The van der Waals surface area contributed by atoms with E-state index in [0.717, 1.165) is 29.8 Å². The van der Waals surface area contributed by atoms with Crippen molar-refractivity contribution in [2.24, 2.45) is 0 Å². The first-order valence-corrected chi connectivity index (χ1v) is 15.3. The Morgan fingerprint density at radius 2 is 1.48 bits per heavy atom. The van der Waals surface area contributed by atoms with E-state index < -0.39 is 0 Å². The van der Waals surface area contributed by atoms with E-state index in [4.69, 9.17) is 9.40 Å². The zero-order valence-corrected chi connectivity index (χ0v) is 24.4. The lowest BCUT2D eigenvalue weighted by atomic mass is 9.96. The zero-order valence-electron chi connectivity index (χ0n) is 23.6. The Kier molecular flexibility index (Phi) is 9.02. The first kappa shape index (κ1) is 27.9. The summed E-state index contributed by atoms with van der Waals surface area (Å²) in [7, 11) is 0. The summed E-state index contributed by atoms with van der Waals surface area (Å²) in [6, 6.07) is 35.6. The minimum atomic E-state index is 0.170. The van der Waals surface area contributed by atoms with Crippen molar-refractivity contribution in [3.05, 3.63) is 138 Å². The molecule has 1 aliphatic heterocycles. The lowest BCUT2D eigenvalue weighted by Gasteiger charge is -2.40. The molecule has 0 saturated carbocycles. The van der Waals surface area contributed by atoms with Gasteiger partial charge in [-0.2, -0.15) is 4.37 Å². The Hall–Kier alpha value is -4.27. The van der Waals surface area contributed by atoms with Crippen LogP contribution in [0.4, 0.5) is 5.13 Å². The number of nitrogens with zero attached hydrogens (tertiary/aromatic N) is 5. The molecule has 0 spiro atoms. The van der Waals surface area contributed by atoms with Gasteiger partial charge in [0.25, 0.3) is 0 Å². The maximum Gasteiger partial charge on any atom is 0.224 e. The number of carbonyl (C=O) groups is 1. The van der Waals surface area contributed by atoms with E-state index in [2.05, 4.69) is 87.0 Å². The Balaban J connectivity index is 1.09. The van der Waals surface area contributed by atoms with Crippen molar-refractivity contribution in [1.29, 1.82) is 0 Å². The van der Waals surface area contributed by atoms with Gasteiger partial charge in [0.05, 0.1) is 18.8 Å². The Labute approximate surface area is 251 Å². The summed E-state index contributed by atoms with van der Waals surface area (Å²) in [5.74, 6) is 1.80. The quantitative estimate of drug-likeness (QED) is 0.190. The molecular formula is C34H35N5O2S. The average molecular weight is 578 g/mol. The molecule has 3 heterocycles. The van der Waals surface area contributed by atoms with E-state index in [9.17, 15) is 4.79 Å². The van der Waals surface area contributed by atoms with Crippen LogP contribution in [0.25, 0.3) is 0 Å². The molecule has 0 radical (unpaired) electrons. The van der Waals surface area contributed by atoms with Crippen LogP contribution < -0.4 is 4.90 Å². The fourth-order valence-electron chi connectivity index (χ4n) is 5.56. The Bertz CT molecular complexity index is 1480. The molecule has 0 aliphatic carbocycles. The summed E-state index contributed by atoms with van der Waals surface area (Å²) in [5.41, 5.74) is 3.73. The number of anilines is 1. The lowest BCUT2D eigenvalue weighted by Crippen LogP contribution is -2.50. The van der Waals surface area contributed by atoms with Crippen LogP contribution >= 0.6 is 11.5 Å². The zero-order chi connectivity index (χ0) is 28.6. The summed E-state index contributed by atoms with van der Waals surface area (Å²) >= 11 is 1.38. The molecule has 0 N–H and O–H groups in total. The highest BCUT2D eigenvalue weighted by Crippen LogP contribution is 2.29. The van der Waals surface area contributed by atoms with Crippen LogP contribution in [0.1, 0.15) is 40.7 Å². The van der Waals surface area contributed by atoms with E-state index in [1.54, 1.807) is 6.26 Å². The van der Waals surface area contributed by atoms with Gasteiger partial charge in [-0.15, -0.1) is 0 Å². The summed E-state index contributed by atoms with van der Waals surface area (Å²) in [5, 5.41) is 0.809. The highest BCUT2D eigenvalue weighted by molar-refractivity contribution is 7.09. The van der Waals surface area contributed by atoms with E-state index in [1.807, 2.05) is 35.2 Å². The van der Waals surface area contributed by atoms with Crippen LogP contribution in [0.3, 0.4) is 0 Å². The molecule has 1 fully saturated rings. The third kappa shape index (κ3) is 6.95. The number of benzene rings is 3. The highest BCUT2D eigenvalue weighted by Gasteiger charge is 2.28. The Morgan fingerprint density at radius 3 is 2.10 bits per heavy atom. The van der Waals surface area contributed by atoms with Gasteiger partial charge in [0, 0.05) is 57.1 Å². The van der Waals surface area contributed by atoms with Gasteiger partial charge < -0.3 is 14.2 Å². The standard InChI is InChI=1S/C34H35N5O2S/c40-32(37-20-22-38(23-21-37)33(28-13-6-2-7-14-28)29-15-8-3-9-16-29)18-19-39(26-30-17-10-24-41-30)34-35-31(36-42-34)25-27-11-4-1-5-12-27/h1-17,24,33H,18-23,25-26H2. The number of carbonyl (C=O) groups excluding carboxylic acids is 1. The topological polar surface area (TPSA) is 65.7 Å². The van der Waals surface area contributed by atoms with Crippen molar-refractivity contribution in [2.45, 2.75) is 25.4 Å². The van der Waals surface area contributed by atoms with Crippen LogP contribution in [0.15, 0.2) is 114 Å². The SMILES string of the molecule is O=C(CCN(Cc1ccco1)c1nc(Cc2ccccc2)ns1)N1CCN(C(c2ccccc2)c2ccccc2)CC1. The smallest absolute Gasteiger partial charge is 0.224 e. The highest BCUT2D eigenvalue weighted by atomic mass is 32.1. The second-order valence-corrected chi connectivity index (χ2v) is 11.3. The minimum Gasteiger partial charge on any atom is -0.467 e. The van der Waals surface area contributed by atoms with Gasteiger partial charge in [0.15, 0.2) is 0 Å². The molecule has 2 aromatic heterocycles. The fraction of sp³-hybridized carbons (Fsp3) is 0.265. The van der Waals surface area contributed by atoms with E-state index in [-0.39, 0.29) is 11.9 Å². The molecule has 1 saturated heterocycles. The lowest BCUT2D eigenvalue weighted by molar-refractivity contribution is -0.133. The second-order valence-electron chi connectivity index (χ2n) is 10.5. The molecule has 5 aromatic rings. The average Bonchev–Trinajstić information content (AvgIpc) is 3.74. The Morgan fingerprint density at radius 1 is 0.833 bits per heavy atom. The molecule has 7 nitrogen and oxygen atoms in total.